The molecule has 0 bridgehead atoms. The minimum Gasteiger partial charge on any atom is -0.370 e. The number of guanidine groups is 1. The van der Waals surface area contributed by atoms with Crippen molar-refractivity contribution in [2.24, 2.45) is 10.7 Å². The first-order valence-electron chi connectivity index (χ1n) is 8.25. The molecule has 1 saturated heterocycles. The number of carbonyl (C=O) groups excluding carboxylic acids is 1. The SMILES string of the molecule is CN(C(N)=NCC(=O)N1CCN(c2ccccc2)CC1)C1CC1.I. The number of carbonyl (C=O) groups is 1. The van der Waals surface area contributed by atoms with Crippen LogP contribution in [0, 0.1) is 0 Å². The van der Waals surface area contributed by atoms with Gasteiger partial charge in [0, 0.05) is 45.0 Å². The Morgan fingerprint density at radius 2 is 1.83 bits per heavy atom. The van der Waals surface area contributed by atoms with E-state index in [4.69, 9.17) is 5.73 Å². The molecule has 1 heterocycles. The van der Waals surface area contributed by atoms with Crippen LogP contribution in [0.4, 0.5) is 5.69 Å². The molecule has 1 aromatic rings. The van der Waals surface area contributed by atoms with E-state index in [0.29, 0.717) is 12.0 Å². The van der Waals surface area contributed by atoms with Gasteiger partial charge in [0.15, 0.2) is 5.96 Å². The molecule has 132 valence electrons. The van der Waals surface area contributed by atoms with E-state index in [1.54, 1.807) is 0 Å². The molecule has 1 amide bonds. The molecular formula is C17H26IN5O. The molecule has 0 unspecified atom stereocenters. The van der Waals surface area contributed by atoms with Crippen LogP contribution in [0.25, 0.3) is 0 Å². The fraction of sp³-hybridized carbons (Fsp3) is 0.529. The van der Waals surface area contributed by atoms with Gasteiger partial charge in [-0.1, -0.05) is 18.2 Å². The third-order valence-corrected chi connectivity index (χ3v) is 4.59. The minimum absolute atomic E-state index is 0. The van der Waals surface area contributed by atoms with Crippen molar-refractivity contribution in [2.45, 2.75) is 18.9 Å². The van der Waals surface area contributed by atoms with E-state index in [1.165, 1.54) is 18.5 Å². The number of anilines is 1. The van der Waals surface area contributed by atoms with Gasteiger partial charge in [-0.3, -0.25) is 4.79 Å². The number of nitrogens with two attached hydrogens (primary N) is 1. The van der Waals surface area contributed by atoms with Crippen molar-refractivity contribution in [3.8, 4) is 0 Å². The van der Waals surface area contributed by atoms with E-state index >= 15 is 0 Å². The van der Waals surface area contributed by atoms with Gasteiger partial charge >= 0.3 is 0 Å². The van der Waals surface area contributed by atoms with Crippen LogP contribution >= 0.6 is 24.0 Å². The van der Waals surface area contributed by atoms with Crippen molar-refractivity contribution < 1.29 is 4.79 Å². The van der Waals surface area contributed by atoms with Crippen LogP contribution in [0.15, 0.2) is 35.3 Å². The average Bonchev–Trinajstić information content (AvgIpc) is 3.44. The molecule has 2 fully saturated rings. The second-order valence-electron chi connectivity index (χ2n) is 6.22. The van der Waals surface area contributed by atoms with Crippen LogP contribution in [0.2, 0.25) is 0 Å². The molecule has 6 nitrogen and oxygen atoms in total. The lowest BCUT2D eigenvalue weighted by atomic mass is 10.2. The van der Waals surface area contributed by atoms with Crippen LogP contribution in [0.1, 0.15) is 12.8 Å². The van der Waals surface area contributed by atoms with Gasteiger partial charge in [0.25, 0.3) is 0 Å². The number of aliphatic imine (C=N–C) groups is 1. The van der Waals surface area contributed by atoms with Gasteiger partial charge in [0.1, 0.15) is 6.54 Å². The molecule has 2 N–H and O–H groups in total. The maximum atomic E-state index is 12.3. The summed E-state index contributed by atoms with van der Waals surface area (Å²) in [7, 11) is 1.94. The average molecular weight is 443 g/mol. The second kappa shape index (κ2) is 8.55. The fourth-order valence-corrected chi connectivity index (χ4v) is 2.86. The summed E-state index contributed by atoms with van der Waals surface area (Å²) in [5, 5.41) is 0. The number of halogens is 1. The van der Waals surface area contributed by atoms with Crippen LogP contribution in [-0.4, -0.2) is 67.5 Å². The van der Waals surface area contributed by atoms with E-state index < -0.39 is 0 Å². The number of hydrogen-bond donors (Lipinski definition) is 1. The molecule has 7 heteroatoms. The lowest BCUT2D eigenvalue weighted by molar-refractivity contribution is -0.129. The smallest absolute Gasteiger partial charge is 0.244 e. The summed E-state index contributed by atoms with van der Waals surface area (Å²) in [6.45, 7) is 3.34. The number of para-hydroxylation sites is 1. The minimum atomic E-state index is 0. The van der Waals surface area contributed by atoms with Crippen molar-refractivity contribution in [1.82, 2.24) is 9.80 Å². The predicted molar refractivity (Wildman–Crippen MR) is 108 cm³/mol. The van der Waals surface area contributed by atoms with Crippen molar-refractivity contribution in [1.29, 1.82) is 0 Å². The fourth-order valence-electron chi connectivity index (χ4n) is 2.86. The van der Waals surface area contributed by atoms with Crippen LogP contribution in [0.5, 0.6) is 0 Å². The second-order valence-corrected chi connectivity index (χ2v) is 6.22. The van der Waals surface area contributed by atoms with Crippen LogP contribution in [-0.2, 0) is 4.79 Å². The van der Waals surface area contributed by atoms with E-state index in [-0.39, 0.29) is 36.4 Å². The summed E-state index contributed by atoms with van der Waals surface area (Å²) in [6.07, 6.45) is 2.34. The van der Waals surface area contributed by atoms with Gasteiger partial charge in [-0.2, -0.15) is 0 Å². The van der Waals surface area contributed by atoms with E-state index in [2.05, 4.69) is 22.0 Å². The van der Waals surface area contributed by atoms with Gasteiger partial charge in [-0.15, -0.1) is 24.0 Å². The number of hydrogen-bond acceptors (Lipinski definition) is 3. The molecule has 1 saturated carbocycles. The highest BCUT2D eigenvalue weighted by Gasteiger charge is 2.27. The first-order valence-corrected chi connectivity index (χ1v) is 8.25. The van der Waals surface area contributed by atoms with Gasteiger partial charge in [-0.25, -0.2) is 4.99 Å². The Kier molecular flexibility index (Phi) is 6.70. The van der Waals surface area contributed by atoms with Crippen LogP contribution < -0.4 is 10.6 Å². The maximum Gasteiger partial charge on any atom is 0.244 e. The number of amides is 1. The summed E-state index contributed by atoms with van der Waals surface area (Å²) >= 11 is 0. The van der Waals surface area contributed by atoms with Gasteiger partial charge < -0.3 is 20.4 Å². The number of benzene rings is 1. The Balaban J connectivity index is 0.00000208. The summed E-state index contributed by atoms with van der Waals surface area (Å²) < 4.78 is 0. The summed E-state index contributed by atoms with van der Waals surface area (Å²) in [5.41, 5.74) is 7.15. The number of nitrogens with zero attached hydrogens (tertiary/aromatic N) is 4. The lowest BCUT2D eigenvalue weighted by Crippen LogP contribution is -2.49. The van der Waals surface area contributed by atoms with Gasteiger partial charge in [0.2, 0.25) is 5.91 Å². The van der Waals surface area contributed by atoms with Crippen molar-refractivity contribution >= 4 is 41.5 Å². The molecular weight excluding hydrogens is 417 g/mol. The Hall–Kier alpha value is -1.51. The highest BCUT2D eigenvalue weighted by Crippen LogP contribution is 2.24. The Morgan fingerprint density at radius 1 is 1.21 bits per heavy atom. The van der Waals surface area contributed by atoms with Gasteiger partial charge in [0.05, 0.1) is 0 Å². The van der Waals surface area contributed by atoms with Gasteiger partial charge in [-0.05, 0) is 25.0 Å². The Bertz CT molecular complexity index is 568. The summed E-state index contributed by atoms with van der Waals surface area (Å²) in [5.74, 6) is 0.536. The molecule has 3 rings (SSSR count). The maximum absolute atomic E-state index is 12.3. The first kappa shape index (κ1) is 18.8. The topological polar surface area (TPSA) is 65.2 Å². The normalized spacial score (nSPS) is 18.1. The molecule has 24 heavy (non-hydrogen) atoms. The Morgan fingerprint density at radius 3 is 2.42 bits per heavy atom. The van der Waals surface area contributed by atoms with Crippen molar-refractivity contribution in [2.75, 3.05) is 44.7 Å². The quantitative estimate of drug-likeness (QED) is 0.434. The van der Waals surface area contributed by atoms with E-state index in [1.807, 2.05) is 35.0 Å². The molecule has 0 spiro atoms. The van der Waals surface area contributed by atoms with Crippen molar-refractivity contribution in [3.05, 3.63) is 30.3 Å². The molecule has 2 aliphatic rings. The zero-order valence-corrected chi connectivity index (χ0v) is 16.4. The largest absolute Gasteiger partial charge is 0.370 e. The molecule has 0 aromatic heterocycles. The highest BCUT2D eigenvalue weighted by atomic mass is 127. The Labute approximate surface area is 160 Å². The monoisotopic (exact) mass is 443 g/mol. The number of piperazine rings is 1. The van der Waals surface area contributed by atoms with Crippen LogP contribution in [0.3, 0.4) is 0 Å². The molecule has 1 aliphatic carbocycles. The molecule has 1 aliphatic heterocycles. The summed E-state index contributed by atoms with van der Waals surface area (Å²) in [6, 6.07) is 10.8. The molecule has 0 atom stereocenters. The first-order chi connectivity index (χ1) is 11.1. The molecule has 0 radical (unpaired) electrons. The highest BCUT2D eigenvalue weighted by molar-refractivity contribution is 14.0. The van der Waals surface area contributed by atoms with Crippen molar-refractivity contribution in [3.63, 3.8) is 0 Å². The summed E-state index contributed by atoms with van der Waals surface area (Å²) in [4.78, 5) is 22.7. The van der Waals surface area contributed by atoms with E-state index in [0.717, 1.165) is 26.2 Å². The number of rotatable bonds is 4. The molecule has 1 aromatic carbocycles. The zero-order valence-electron chi connectivity index (χ0n) is 14.1. The lowest BCUT2D eigenvalue weighted by Gasteiger charge is -2.36. The predicted octanol–water partition coefficient (Wildman–Crippen LogP) is 1.36. The third-order valence-electron chi connectivity index (χ3n) is 4.59. The zero-order chi connectivity index (χ0) is 16.2. The standard InChI is InChI=1S/C17H25N5O.HI/c1-20(14-7-8-14)17(18)19-13-16(23)22-11-9-21(10-12-22)15-5-3-2-4-6-15;/h2-6,14H,7-13H2,1H3,(H2,18,19);1H. The van der Waals surface area contributed by atoms with E-state index in [9.17, 15) is 4.79 Å². The third kappa shape index (κ3) is 4.75.